The normalized spacial score (nSPS) is 10.7. The fraction of sp³-hybridized carbons (Fsp3) is 0.750. The molecule has 0 saturated carbocycles. The van der Waals surface area contributed by atoms with E-state index < -0.39 is 0 Å². The summed E-state index contributed by atoms with van der Waals surface area (Å²) in [4.78, 5) is 0. The summed E-state index contributed by atoms with van der Waals surface area (Å²) in [6, 6.07) is 0. The van der Waals surface area contributed by atoms with E-state index in [1.807, 2.05) is 0 Å². The molecule has 14 heavy (non-hydrogen) atoms. The van der Waals surface area contributed by atoms with Crippen LogP contribution in [0.5, 0.6) is 0 Å². The van der Waals surface area contributed by atoms with Crippen LogP contribution in [0.15, 0.2) is 6.20 Å². The molecule has 1 N–H and O–H groups in total. The second kappa shape index (κ2) is 6.47. The standard InChI is InChI=1S/C8H15N3O3/c1-13-4-5-14-3-2-11-6-8(7-12)9-10-11/h6,12H,2-5,7H2,1H3. The number of aliphatic hydroxyl groups excluding tert-OH is 1. The topological polar surface area (TPSA) is 69.4 Å². The van der Waals surface area contributed by atoms with E-state index in [9.17, 15) is 0 Å². The molecule has 0 unspecified atom stereocenters. The largest absolute Gasteiger partial charge is 0.390 e. The molecule has 6 nitrogen and oxygen atoms in total. The SMILES string of the molecule is COCCOCCn1cc(CO)nn1. The van der Waals surface area contributed by atoms with Crippen molar-refractivity contribution in [3.8, 4) is 0 Å². The number of nitrogens with zero attached hydrogens (tertiary/aromatic N) is 3. The highest BCUT2D eigenvalue weighted by atomic mass is 16.5. The maximum Gasteiger partial charge on any atom is 0.108 e. The van der Waals surface area contributed by atoms with E-state index in [0.29, 0.717) is 32.1 Å². The lowest BCUT2D eigenvalue weighted by atomic mass is 10.5. The number of rotatable bonds is 7. The highest BCUT2D eigenvalue weighted by Gasteiger charge is 1.97. The second-order valence-electron chi connectivity index (χ2n) is 2.74. The quantitative estimate of drug-likeness (QED) is 0.598. The molecule has 6 heteroatoms. The number of hydrogen-bond acceptors (Lipinski definition) is 5. The highest BCUT2D eigenvalue weighted by molar-refractivity contribution is 4.88. The van der Waals surface area contributed by atoms with Gasteiger partial charge in [-0.3, -0.25) is 0 Å². The molecule has 0 amide bonds. The van der Waals surface area contributed by atoms with Gasteiger partial charge in [-0.05, 0) is 0 Å². The molecule has 1 heterocycles. The van der Waals surface area contributed by atoms with E-state index >= 15 is 0 Å². The van der Waals surface area contributed by atoms with Crippen LogP contribution in [-0.2, 0) is 22.6 Å². The Morgan fingerprint density at radius 3 is 2.93 bits per heavy atom. The first-order valence-electron chi connectivity index (χ1n) is 4.43. The number of aromatic nitrogens is 3. The smallest absolute Gasteiger partial charge is 0.108 e. The number of ether oxygens (including phenoxy) is 2. The van der Waals surface area contributed by atoms with Gasteiger partial charge in [0.15, 0.2) is 0 Å². The van der Waals surface area contributed by atoms with Gasteiger partial charge >= 0.3 is 0 Å². The van der Waals surface area contributed by atoms with Gasteiger partial charge in [-0.15, -0.1) is 5.10 Å². The van der Waals surface area contributed by atoms with Crippen LogP contribution in [0.3, 0.4) is 0 Å². The zero-order chi connectivity index (χ0) is 10.2. The van der Waals surface area contributed by atoms with Crippen LogP contribution in [-0.4, -0.2) is 47.0 Å². The van der Waals surface area contributed by atoms with Gasteiger partial charge < -0.3 is 14.6 Å². The van der Waals surface area contributed by atoms with Crippen LogP contribution in [0.2, 0.25) is 0 Å². The zero-order valence-corrected chi connectivity index (χ0v) is 8.22. The minimum Gasteiger partial charge on any atom is -0.390 e. The summed E-state index contributed by atoms with van der Waals surface area (Å²) >= 11 is 0. The second-order valence-corrected chi connectivity index (χ2v) is 2.74. The van der Waals surface area contributed by atoms with Crippen LogP contribution in [0, 0.1) is 0 Å². The average molecular weight is 201 g/mol. The van der Waals surface area contributed by atoms with Crippen LogP contribution in [0.1, 0.15) is 5.69 Å². The van der Waals surface area contributed by atoms with Crippen molar-refractivity contribution in [3.63, 3.8) is 0 Å². The molecule has 0 spiro atoms. The molecule has 0 saturated heterocycles. The molecule has 1 aromatic rings. The van der Waals surface area contributed by atoms with E-state index in [1.165, 1.54) is 0 Å². The van der Waals surface area contributed by atoms with E-state index in [-0.39, 0.29) is 6.61 Å². The average Bonchev–Trinajstić information content (AvgIpc) is 2.65. The van der Waals surface area contributed by atoms with Gasteiger partial charge in [0.2, 0.25) is 0 Å². The fourth-order valence-corrected chi connectivity index (χ4v) is 0.923. The summed E-state index contributed by atoms with van der Waals surface area (Å²) in [6.45, 7) is 2.30. The van der Waals surface area contributed by atoms with Crippen molar-refractivity contribution in [2.24, 2.45) is 0 Å². The minimum atomic E-state index is -0.0788. The molecule has 1 rings (SSSR count). The lowest BCUT2D eigenvalue weighted by Crippen LogP contribution is -2.09. The molecule has 0 aliphatic rings. The van der Waals surface area contributed by atoms with Gasteiger partial charge in [0, 0.05) is 7.11 Å². The first kappa shape index (κ1) is 11.1. The summed E-state index contributed by atoms with van der Waals surface area (Å²) in [7, 11) is 1.63. The third kappa shape index (κ3) is 3.82. The molecular weight excluding hydrogens is 186 g/mol. The Kier molecular flexibility index (Phi) is 5.13. The Labute approximate surface area is 82.4 Å². The number of aliphatic hydroxyl groups is 1. The molecule has 0 aliphatic carbocycles. The van der Waals surface area contributed by atoms with Crippen molar-refractivity contribution in [1.29, 1.82) is 0 Å². The highest BCUT2D eigenvalue weighted by Crippen LogP contribution is 1.92. The lowest BCUT2D eigenvalue weighted by Gasteiger charge is -2.02. The predicted molar refractivity (Wildman–Crippen MR) is 48.6 cm³/mol. The maximum atomic E-state index is 8.73. The van der Waals surface area contributed by atoms with Crippen molar-refractivity contribution in [1.82, 2.24) is 15.0 Å². The molecule has 80 valence electrons. The predicted octanol–water partition coefficient (Wildman–Crippen LogP) is -0.567. The Hall–Kier alpha value is -0.980. The molecule has 0 atom stereocenters. The first-order chi connectivity index (χ1) is 6.86. The van der Waals surface area contributed by atoms with E-state index in [0.717, 1.165) is 0 Å². The van der Waals surface area contributed by atoms with Crippen LogP contribution in [0.4, 0.5) is 0 Å². The molecule has 1 aromatic heterocycles. The maximum absolute atomic E-state index is 8.73. The number of hydrogen-bond donors (Lipinski definition) is 1. The van der Waals surface area contributed by atoms with Gasteiger partial charge in [0.25, 0.3) is 0 Å². The van der Waals surface area contributed by atoms with Gasteiger partial charge in [0.05, 0.1) is 39.2 Å². The third-order valence-electron chi connectivity index (χ3n) is 1.64. The van der Waals surface area contributed by atoms with E-state index in [1.54, 1.807) is 18.0 Å². The summed E-state index contributed by atoms with van der Waals surface area (Å²) in [5, 5.41) is 16.3. The van der Waals surface area contributed by atoms with Crippen molar-refractivity contribution in [3.05, 3.63) is 11.9 Å². The van der Waals surface area contributed by atoms with Gasteiger partial charge in [-0.25, -0.2) is 4.68 Å². The first-order valence-corrected chi connectivity index (χ1v) is 4.43. The Morgan fingerprint density at radius 2 is 2.29 bits per heavy atom. The monoisotopic (exact) mass is 201 g/mol. The van der Waals surface area contributed by atoms with Crippen LogP contribution >= 0.6 is 0 Å². The molecule has 0 bridgehead atoms. The van der Waals surface area contributed by atoms with Gasteiger partial charge in [-0.2, -0.15) is 0 Å². The molecule has 0 aromatic carbocycles. The van der Waals surface area contributed by atoms with Crippen molar-refractivity contribution >= 4 is 0 Å². The molecule has 0 radical (unpaired) electrons. The summed E-state index contributed by atoms with van der Waals surface area (Å²) < 4.78 is 11.7. The molecule has 0 aliphatic heterocycles. The Bertz CT molecular complexity index is 252. The summed E-state index contributed by atoms with van der Waals surface area (Å²) in [6.07, 6.45) is 1.69. The summed E-state index contributed by atoms with van der Waals surface area (Å²) in [5.41, 5.74) is 0.571. The van der Waals surface area contributed by atoms with Gasteiger partial charge in [-0.1, -0.05) is 5.21 Å². The number of methoxy groups -OCH3 is 1. The molecule has 0 fully saturated rings. The van der Waals surface area contributed by atoms with Crippen LogP contribution in [0.25, 0.3) is 0 Å². The Morgan fingerprint density at radius 1 is 1.43 bits per heavy atom. The minimum absolute atomic E-state index is 0.0788. The van der Waals surface area contributed by atoms with Crippen LogP contribution < -0.4 is 0 Å². The van der Waals surface area contributed by atoms with Crippen molar-refractivity contribution in [2.45, 2.75) is 13.2 Å². The zero-order valence-electron chi connectivity index (χ0n) is 8.22. The van der Waals surface area contributed by atoms with Crippen molar-refractivity contribution < 1.29 is 14.6 Å². The summed E-state index contributed by atoms with van der Waals surface area (Å²) in [5.74, 6) is 0. The van der Waals surface area contributed by atoms with E-state index in [4.69, 9.17) is 14.6 Å². The van der Waals surface area contributed by atoms with Gasteiger partial charge in [0.1, 0.15) is 5.69 Å². The molecular formula is C8H15N3O3. The lowest BCUT2D eigenvalue weighted by molar-refractivity contribution is 0.0652. The van der Waals surface area contributed by atoms with E-state index in [2.05, 4.69) is 10.3 Å². The fourth-order valence-electron chi connectivity index (χ4n) is 0.923. The third-order valence-corrected chi connectivity index (χ3v) is 1.64. The Balaban J connectivity index is 2.12. The van der Waals surface area contributed by atoms with Crippen molar-refractivity contribution in [2.75, 3.05) is 26.9 Å².